The van der Waals surface area contributed by atoms with E-state index < -0.39 is 0 Å². The monoisotopic (exact) mass is 255 g/mol. The van der Waals surface area contributed by atoms with Gasteiger partial charge in [-0.05, 0) is 37.8 Å². The number of likely N-dealkylation sites (tertiary alicyclic amines) is 1. The highest BCUT2D eigenvalue weighted by Gasteiger charge is 2.33. The molecule has 2 heterocycles. The van der Waals surface area contributed by atoms with Crippen LogP contribution in [0.1, 0.15) is 46.0 Å². The van der Waals surface area contributed by atoms with E-state index in [1.54, 1.807) is 0 Å². The van der Waals surface area contributed by atoms with Gasteiger partial charge in [0.15, 0.2) is 0 Å². The molecular formula is C15H29NO2. The van der Waals surface area contributed by atoms with Crippen molar-refractivity contribution in [2.45, 2.75) is 52.1 Å². The lowest BCUT2D eigenvalue weighted by molar-refractivity contribution is 0.0256. The second-order valence-corrected chi connectivity index (χ2v) is 6.20. The molecule has 2 unspecified atom stereocenters. The first-order valence-corrected chi connectivity index (χ1v) is 7.67. The van der Waals surface area contributed by atoms with Gasteiger partial charge in [0.25, 0.3) is 0 Å². The lowest BCUT2D eigenvalue weighted by Crippen LogP contribution is -2.44. The van der Waals surface area contributed by atoms with E-state index in [-0.39, 0.29) is 6.10 Å². The molecule has 0 saturated carbocycles. The predicted octanol–water partition coefficient (Wildman–Crippen LogP) is 2.29. The summed E-state index contributed by atoms with van der Waals surface area (Å²) in [6, 6.07) is 0. The smallest absolute Gasteiger partial charge is 0.0718 e. The number of nitrogens with zero attached hydrogens (tertiary/aromatic N) is 1. The third-order valence-electron chi connectivity index (χ3n) is 5.37. The lowest BCUT2D eigenvalue weighted by Gasteiger charge is -2.41. The Kier molecular flexibility index (Phi) is 5.05. The Bertz CT molecular complexity index is 237. The first-order chi connectivity index (χ1) is 8.69. The molecule has 3 nitrogen and oxygen atoms in total. The molecule has 0 spiro atoms. The topological polar surface area (TPSA) is 32.7 Å². The second kappa shape index (κ2) is 6.36. The molecule has 2 rings (SSSR count). The maximum absolute atomic E-state index is 10.2. The summed E-state index contributed by atoms with van der Waals surface area (Å²) in [6.07, 6.45) is 6.04. The number of aliphatic hydroxyl groups is 1. The van der Waals surface area contributed by atoms with Crippen LogP contribution in [0.2, 0.25) is 0 Å². The summed E-state index contributed by atoms with van der Waals surface area (Å²) in [7, 11) is 0. The summed E-state index contributed by atoms with van der Waals surface area (Å²) in [5.41, 5.74) is 0.581. The van der Waals surface area contributed by atoms with E-state index in [0.29, 0.717) is 11.3 Å². The maximum atomic E-state index is 10.2. The third-order valence-corrected chi connectivity index (χ3v) is 5.37. The summed E-state index contributed by atoms with van der Waals surface area (Å²) in [5, 5.41) is 10.2. The largest absolute Gasteiger partial charge is 0.391 e. The zero-order valence-corrected chi connectivity index (χ0v) is 12.0. The van der Waals surface area contributed by atoms with Crippen molar-refractivity contribution in [1.29, 1.82) is 0 Å². The molecule has 2 saturated heterocycles. The molecule has 0 bridgehead atoms. The van der Waals surface area contributed by atoms with Gasteiger partial charge >= 0.3 is 0 Å². The molecule has 0 aromatic carbocycles. The quantitative estimate of drug-likeness (QED) is 0.818. The second-order valence-electron chi connectivity index (χ2n) is 6.20. The zero-order chi connectivity index (χ0) is 13.0. The molecule has 0 amide bonds. The summed E-state index contributed by atoms with van der Waals surface area (Å²) >= 11 is 0. The van der Waals surface area contributed by atoms with Crippen molar-refractivity contribution in [1.82, 2.24) is 4.90 Å². The average molecular weight is 255 g/mol. The molecule has 2 aliphatic heterocycles. The van der Waals surface area contributed by atoms with Crippen LogP contribution in [0.3, 0.4) is 0 Å². The van der Waals surface area contributed by atoms with Gasteiger partial charge in [0, 0.05) is 19.1 Å². The van der Waals surface area contributed by atoms with Crippen LogP contribution in [0.15, 0.2) is 0 Å². The van der Waals surface area contributed by atoms with Crippen LogP contribution in [0.4, 0.5) is 0 Å². The third kappa shape index (κ3) is 3.25. The highest BCUT2D eigenvalue weighted by Crippen LogP contribution is 2.38. The van der Waals surface area contributed by atoms with Crippen LogP contribution < -0.4 is 0 Å². The number of hydrogen-bond acceptors (Lipinski definition) is 3. The molecule has 0 radical (unpaired) electrons. The van der Waals surface area contributed by atoms with E-state index in [0.717, 1.165) is 39.3 Å². The van der Waals surface area contributed by atoms with Crippen LogP contribution in [-0.4, -0.2) is 49.0 Å². The molecule has 0 aromatic heterocycles. The van der Waals surface area contributed by atoms with Crippen molar-refractivity contribution < 1.29 is 9.84 Å². The van der Waals surface area contributed by atoms with Crippen LogP contribution in [0.5, 0.6) is 0 Å². The van der Waals surface area contributed by atoms with Gasteiger partial charge in [-0.1, -0.05) is 26.7 Å². The highest BCUT2D eigenvalue weighted by atomic mass is 16.5. The first kappa shape index (κ1) is 14.3. The fraction of sp³-hybridized carbons (Fsp3) is 1.00. The number of ether oxygens (including phenoxy) is 1. The van der Waals surface area contributed by atoms with E-state index >= 15 is 0 Å². The maximum Gasteiger partial charge on any atom is 0.0718 e. The Hall–Kier alpha value is -0.120. The van der Waals surface area contributed by atoms with Gasteiger partial charge in [0.1, 0.15) is 0 Å². The SMILES string of the molecule is CCC1(CC)CCN(CC(O)C2CCOC2)CC1. The fourth-order valence-corrected chi connectivity index (χ4v) is 3.44. The zero-order valence-electron chi connectivity index (χ0n) is 12.0. The minimum atomic E-state index is -0.191. The van der Waals surface area contributed by atoms with Gasteiger partial charge in [-0.25, -0.2) is 0 Å². The molecule has 3 heteroatoms. The van der Waals surface area contributed by atoms with Gasteiger partial charge in [-0.2, -0.15) is 0 Å². The number of β-amino-alcohol motifs (C(OH)–C–C–N with tert-alkyl or cyclic N) is 1. The van der Waals surface area contributed by atoms with Crippen LogP contribution in [-0.2, 0) is 4.74 Å². The molecule has 0 aliphatic carbocycles. The Morgan fingerprint density at radius 3 is 2.44 bits per heavy atom. The summed E-state index contributed by atoms with van der Waals surface area (Å²) in [6.45, 7) is 9.39. The molecule has 2 fully saturated rings. The minimum Gasteiger partial charge on any atom is -0.391 e. The van der Waals surface area contributed by atoms with Crippen molar-refractivity contribution in [3.8, 4) is 0 Å². The summed E-state index contributed by atoms with van der Waals surface area (Å²) in [5.74, 6) is 0.369. The van der Waals surface area contributed by atoms with E-state index in [1.165, 1.54) is 25.7 Å². The Labute approximate surface area is 112 Å². The van der Waals surface area contributed by atoms with Gasteiger partial charge < -0.3 is 14.7 Å². The van der Waals surface area contributed by atoms with Gasteiger partial charge in [0.2, 0.25) is 0 Å². The van der Waals surface area contributed by atoms with E-state index in [9.17, 15) is 5.11 Å². The van der Waals surface area contributed by atoms with Crippen molar-refractivity contribution >= 4 is 0 Å². The molecule has 2 aliphatic rings. The van der Waals surface area contributed by atoms with Crippen molar-refractivity contribution in [3.05, 3.63) is 0 Å². The van der Waals surface area contributed by atoms with Crippen molar-refractivity contribution in [3.63, 3.8) is 0 Å². The molecule has 18 heavy (non-hydrogen) atoms. The average Bonchev–Trinajstić information content (AvgIpc) is 2.94. The Morgan fingerprint density at radius 1 is 1.28 bits per heavy atom. The fourth-order valence-electron chi connectivity index (χ4n) is 3.44. The number of hydrogen-bond donors (Lipinski definition) is 1. The highest BCUT2D eigenvalue weighted by molar-refractivity contribution is 4.85. The Morgan fingerprint density at radius 2 is 1.94 bits per heavy atom. The molecule has 0 aromatic rings. The van der Waals surface area contributed by atoms with Crippen LogP contribution >= 0.6 is 0 Å². The molecule has 1 N–H and O–H groups in total. The minimum absolute atomic E-state index is 0.191. The number of aliphatic hydroxyl groups excluding tert-OH is 1. The normalized spacial score (nSPS) is 30.5. The molecule has 106 valence electrons. The van der Waals surface area contributed by atoms with Crippen LogP contribution in [0, 0.1) is 11.3 Å². The predicted molar refractivity (Wildman–Crippen MR) is 73.6 cm³/mol. The number of rotatable bonds is 5. The standard InChI is InChI=1S/C15H29NO2/c1-3-15(4-2)6-8-16(9-7-15)11-14(17)13-5-10-18-12-13/h13-14,17H,3-12H2,1-2H3. The van der Waals surface area contributed by atoms with Crippen LogP contribution in [0.25, 0.3) is 0 Å². The van der Waals surface area contributed by atoms with Gasteiger partial charge in [0.05, 0.1) is 12.7 Å². The van der Waals surface area contributed by atoms with Gasteiger partial charge in [-0.3, -0.25) is 0 Å². The van der Waals surface area contributed by atoms with Crippen molar-refractivity contribution in [2.75, 3.05) is 32.8 Å². The summed E-state index contributed by atoms with van der Waals surface area (Å²) < 4.78 is 5.36. The van der Waals surface area contributed by atoms with Crippen molar-refractivity contribution in [2.24, 2.45) is 11.3 Å². The van der Waals surface area contributed by atoms with E-state index in [4.69, 9.17) is 4.74 Å². The molecule has 2 atom stereocenters. The lowest BCUT2D eigenvalue weighted by atomic mass is 9.74. The number of piperidine rings is 1. The first-order valence-electron chi connectivity index (χ1n) is 7.67. The van der Waals surface area contributed by atoms with E-state index in [2.05, 4.69) is 18.7 Å². The van der Waals surface area contributed by atoms with Gasteiger partial charge in [-0.15, -0.1) is 0 Å². The summed E-state index contributed by atoms with van der Waals surface area (Å²) in [4.78, 5) is 2.45. The van der Waals surface area contributed by atoms with E-state index in [1.807, 2.05) is 0 Å². The molecular weight excluding hydrogens is 226 g/mol. The Balaban J connectivity index is 1.76.